The lowest BCUT2D eigenvalue weighted by atomic mass is 9.77. The van der Waals surface area contributed by atoms with Crippen LogP contribution in [0.25, 0.3) is 0 Å². The average Bonchev–Trinajstić information content (AvgIpc) is 2.63. The summed E-state index contributed by atoms with van der Waals surface area (Å²) in [6.07, 6.45) is 6.74. The van der Waals surface area contributed by atoms with Crippen LogP contribution in [0.5, 0.6) is 0 Å². The van der Waals surface area contributed by atoms with Crippen molar-refractivity contribution in [3.8, 4) is 0 Å². The van der Waals surface area contributed by atoms with Gasteiger partial charge in [-0.15, -0.1) is 0 Å². The van der Waals surface area contributed by atoms with E-state index in [-0.39, 0.29) is 12.1 Å². The zero-order chi connectivity index (χ0) is 18.4. The molecule has 2 aliphatic rings. The van der Waals surface area contributed by atoms with Crippen molar-refractivity contribution in [2.24, 2.45) is 5.92 Å². The van der Waals surface area contributed by atoms with Crippen LogP contribution in [0.15, 0.2) is 30.3 Å². The van der Waals surface area contributed by atoms with Crippen molar-refractivity contribution in [3.63, 3.8) is 0 Å². The fourth-order valence-electron chi connectivity index (χ4n) is 3.97. The molecular formula is C21H32N2O3. The van der Waals surface area contributed by atoms with Gasteiger partial charge in [0.25, 0.3) is 0 Å². The topological polar surface area (TPSA) is 70.6 Å². The van der Waals surface area contributed by atoms with Crippen molar-refractivity contribution in [3.05, 3.63) is 35.9 Å². The molecule has 3 N–H and O–H groups in total. The highest BCUT2D eigenvalue weighted by molar-refractivity contribution is 5.67. The fraction of sp³-hybridized carbons (Fsp3) is 0.667. The van der Waals surface area contributed by atoms with E-state index < -0.39 is 5.60 Å². The third-order valence-corrected chi connectivity index (χ3v) is 6.01. The van der Waals surface area contributed by atoms with Gasteiger partial charge in [0.2, 0.25) is 0 Å². The molecule has 0 saturated heterocycles. The van der Waals surface area contributed by atoms with Crippen molar-refractivity contribution in [2.45, 2.75) is 76.2 Å². The van der Waals surface area contributed by atoms with E-state index >= 15 is 0 Å². The van der Waals surface area contributed by atoms with E-state index in [0.29, 0.717) is 19.2 Å². The number of rotatable bonds is 7. The number of hydrogen-bond acceptors (Lipinski definition) is 4. The fourth-order valence-corrected chi connectivity index (χ4v) is 3.97. The number of benzene rings is 1. The molecule has 144 valence electrons. The lowest BCUT2D eigenvalue weighted by molar-refractivity contribution is -0.0136. The molecule has 5 nitrogen and oxygen atoms in total. The molecule has 3 rings (SSSR count). The van der Waals surface area contributed by atoms with E-state index in [1.807, 2.05) is 30.3 Å². The summed E-state index contributed by atoms with van der Waals surface area (Å²) in [6, 6.07) is 10.2. The maximum atomic E-state index is 11.8. The summed E-state index contributed by atoms with van der Waals surface area (Å²) >= 11 is 0. The lowest BCUT2D eigenvalue weighted by Gasteiger charge is -2.41. The first-order valence-electron chi connectivity index (χ1n) is 9.99. The molecule has 5 heteroatoms. The van der Waals surface area contributed by atoms with E-state index in [1.165, 1.54) is 6.42 Å². The highest BCUT2D eigenvalue weighted by Crippen LogP contribution is 2.33. The number of amides is 1. The highest BCUT2D eigenvalue weighted by atomic mass is 16.5. The predicted molar refractivity (Wildman–Crippen MR) is 102 cm³/mol. The van der Waals surface area contributed by atoms with Crippen LogP contribution in [0, 0.1) is 5.92 Å². The molecule has 1 amide bonds. The summed E-state index contributed by atoms with van der Waals surface area (Å²) in [4.78, 5) is 11.8. The van der Waals surface area contributed by atoms with Crippen LogP contribution >= 0.6 is 0 Å². The van der Waals surface area contributed by atoms with Gasteiger partial charge in [0.05, 0.1) is 5.60 Å². The number of carbonyl (C=O) groups excluding carboxylic acids is 1. The molecule has 0 heterocycles. The first-order chi connectivity index (χ1) is 12.6. The van der Waals surface area contributed by atoms with E-state index in [9.17, 15) is 9.90 Å². The zero-order valence-corrected chi connectivity index (χ0v) is 15.7. The van der Waals surface area contributed by atoms with Gasteiger partial charge in [-0.25, -0.2) is 4.79 Å². The second-order valence-electron chi connectivity index (χ2n) is 8.03. The molecule has 1 aromatic rings. The minimum absolute atomic E-state index is 0.168. The molecule has 1 aromatic carbocycles. The number of hydrogen-bond donors (Lipinski definition) is 3. The SMILES string of the molecule is CCC1CCC(O)(CNC2CC(NC(=O)OCc3ccccc3)C2)CC1. The zero-order valence-electron chi connectivity index (χ0n) is 15.7. The largest absolute Gasteiger partial charge is 0.445 e. The first-order valence-corrected chi connectivity index (χ1v) is 9.99. The minimum atomic E-state index is -0.543. The predicted octanol–water partition coefficient (Wildman–Crippen LogP) is 3.36. The number of nitrogens with one attached hydrogen (secondary N) is 2. The maximum absolute atomic E-state index is 11.8. The lowest BCUT2D eigenvalue weighted by Crippen LogP contribution is -2.55. The van der Waals surface area contributed by atoms with Gasteiger partial charge in [-0.2, -0.15) is 0 Å². The molecule has 2 fully saturated rings. The Morgan fingerprint density at radius 1 is 1.19 bits per heavy atom. The number of carbonyl (C=O) groups is 1. The first kappa shape index (κ1) is 19.2. The third kappa shape index (κ3) is 5.45. The molecule has 0 bridgehead atoms. The summed E-state index contributed by atoms with van der Waals surface area (Å²) in [5.41, 5.74) is 0.445. The van der Waals surface area contributed by atoms with Crippen molar-refractivity contribution in [1.29, 1.82) is 0 Å². The molecule has 0 unspecified atom stereocenters. The van der Waals surface area contributed by atoms with Crippen LogP contribution in [-0.4, -0.2) is 35.4 Å². The molecule has 0 aromatic heterocycles. The quantitative estimate of drug-likeness (QED) is 0.697. The molecule has 0 radical (unpaired) electrons. The van der Waals surface area contributed by atoms with Crippen LogP contribution in [0.1, 0.15) is 57.4 Å². The molecule has 0 spiro atoms. The second-order valence-corrected chi connectivity index (χ2v) is 8.03. The Morgan fingerprint density at radius 2 is 1.88 bits per heavy atom. The van der Waals surface area contributed by atoms with Crippen LogP contribution in [-0.2, 0) is 11.3 Å². The van der Waals surface area contributed by atoms with E-state index in [1.54, 1.807) is 0 Å². The second kappa shape index (κ2) is 8.87. The van der Waals surface area contributed by atoms with Crippen molar-refractivity contribution in [1.82, 2.24) is 10.6 Å². The molecule has 26 heavy (non-hydrogen) atoms. The van der Waals surface area contributed by atoms with E-state index in [0.717, 1.165) is 50.0 Å². The smallest absolute Gasteiger partial charge is 0.407 e. The Bertz CT molecular complexity index is 564. The van der Waals surface area contributed by atoms with Gasteiger partial charge in [-0.05, 0) is 50.0 Å². The molecule has 2 aliphatic carbocycles. The van der Waals surface area contributed by atoms with E-state index in [4.69, 9.17) is 4.74 Å². The minimum Gasteiger partial charge on any atom is -0.445 e. The van der Waals surface area contributed by atoms with Gasteiger partial charge in [-0.3, -0.25) is 0 Å². The standard InChI is InChI=1S/C21H32N2O3/c1-2-16-8-10-21(25,11-9-16)15-22-18-12-19(13-18)23-20(24)26-14-17-6-4-3-5-7-17/h3-7,16,18-19,22,25H,2,8-15H2,1H3,(H,23,24). The summed E-state index contributed by atoms with van der Waals surface area (Å²) in [7, 11) is 0. The van der Waals surface area contributed by atoms with Crippen molar-refractivity contribution in [2.75, 3.05) is 6.54 Å². The van der Waals surface area contributed by atoms with Crippen molar-refractivity contribution < 1.29 is 14.6 Å². The Morgan fingerprint density at radius 3 is 2.54 bits per heavy atom. The van der Waals surface area contributed by atoms with Crippen LogP contribution in [0.2, 0.25) is 0 Å². The summed E-state index contributed by atoms with van der Waals surface area (Å²) in [5.74, 6) is 0.787. The molecular weight excluding hydrogens is 328 g/mol. The maximum Gasteiger partial charge on any atom is 0.407 e. The number of alkyl carbamates (subject to hydrolysis) is 1. The average molecular weight is 360 g/mol. The van der Waals surface area contributed by atoms with Gasteiger partial charge >= 0.3 is 6.09 Å². The normalized spacial score (nSPS) is 31.1. The van der Waals surface area contributed by atoms with Gasteiger partial charge in [-0.1, -0.05) is 43.7 Å². The monoisotopic (exact) mass is 360 g/mol. The molecule has 0 atom stereocenters. The van der Waals surface area contributed by atoms with Gasteiger partial charge in [0.1, 0.15) is 6.61 Å². The molecule has 0 aliphatic heterocycles. The van der Waals surface area contributed by atoms with Crippen molar-refractivity contribution >= 4 is 6.09 Å². The third-order valence-electron chi connectivity index (χ3n) is 6.01. The van der Waals surface area contributed by atoms with Gasteiger partial charge < -0.3 is 20.5 Å². The van der Waals surface area contributed by atoms with Crippen LogP contribution < -0.4 is 10.6 Å². The summed E-state index contributed by atoms with van der Waals surface area (Å²) in [6.45, 7) is 3.20. The van der Waals surface area contributed by atoms with Crippen LogP contribution in [0.4, 0.5) is 4.79 Å². The summed E-state index contributed by atoms with van der Waals surface area (Å²) in [5, 5.41) is 17.1. The Balaban J connectivity index is 1.28. The molecule has 2 saturated carbocycles. The number of ether oxygens (including phenoxy) is 1. The summed E-state index contributed by atoms with van der Waals surface area (Å²) < 4.78 is 5.25. The van der Waals surface area contributed by atoms with E-state index in [2.05, 4.69) is 17.6 Å². The van der Waals surface area contributed by atoms with Gasteiger partial charge in [0, 0.05) is 18.6 Å². The Labute approximate surface area is 156 Å². The Hall–Kier alpha value is -1.59. The number of aliphatic hydroxyl groups is 1. The Kier molecular flexibility index (Phi) is 6.54. The van der Waals surface area contributed by atoms with Gasteiger partial charge in [0.15, 0.2) is 0 Å². The highest BCUT2D eigenvalue weighted by Gasteiger charge is 2.36. The van der Waals surface area contributed by atoms with Crippen LogP contribution in [0.3, 0.4) is 0 Å².